The number of nitrogens with one attached hydrogen (secondary N) is 2. The molecule has 2 aromatic rings. The summed E-state index contributed by atoms with van der Waals surface area (Å²) in [6, 6.07) is 6.55. The number of carbonyl (C=O) groups excluding carboxylic acids is 2. The number of aliphatic hydroxyl groups is 1. The topological polar surface area (TPSA) is 87.7 Å². The fraction of sp³-hybridized carbons (Fsp3) is 0.294. The van der Waals surface area contributed by atoms with Gasteiger partial charge in [0.15, 0.2) is 0 Å². The van der Waals surface area contributed by atoms with Crippen molar-refractivity contribution in [3.8, 4) is 5.75 Å². The largest absolute Gasteiger partial charge is 0.491 e. The van der Waals surface area contributed by atoms with Crippen LogP contribution in [0.4, 0.5) is 0 Å². The molecule has 2 amide bonds. The van der Waals surface area contributed by atoms with Gasteiger partial charge in [-0.05, 0) is 47.5 Å². The molecule has 3 rings (SSSR count). The molecule has 1 atom stereocenters. The molecule has 6 nitrogen and oxygen atoms in total. The van der Waals surface area contributed by atoms with E-state index in [1.165, 1.54) is 17.4 Å². The van der Waals surface area contributed by atoms with Crippen molar-refractivity contribution in [3.63, 3.8) is 0 Å². The molecule has 7 heteroatoms. The summed E-state index contributed by atoms with van der Waals surface area (Å²) in [5, 5.41) is 19.6. The van der Waals surface area contributed by atoms with E-state index in [4.69, 9.17) is 4.74 Å². The van der Waals surface area contributed by atoms with E-state index in [0.29, 0.717) is 30.0 Å². The SMILES string of the molecule is CC(O)(CNC(=O)c1ccc2c(c1)C(=O)NCCO2)c1ccsc1. The van der Waals surface area contributed by atoms with Crippen molar-refractivity contribution in [2.24, 2.45) is 0 Å². The van der Waals surface area contributed by atoms with Gasteiger partial charge in [0, 0.05) is 5.56 Å². The van der Waals surface area contributed by atoms with Gasteiger partial charge in [-0.2, -0.15) is 11.3 Å². The highest BCUT2D eigenvalue weighted by Gasteiger charge is 2.25. The van der Waals surface area contributed by atoms with Gasteiger partial charge >= 0.3 is 0 Å². The van der Waals surface area contributed by atoms with Crippen LogP contribution in [0.15, 0.2) is 35.0 Å². The molecule has 126 valence electrons. The van der Waals surface area contributed by atoms with Crippen LogP contribution in [-0.4, -0.2) is 36.6 Å². The molecule has 1 aromatic heterocycles. The summed E-state index contributed by atoms with van der Waals surface area (Å²) < 4.78 is 5.46. The zero-order valence-electron chi connectivity index (χ0n) is 13.2. The third kappa shape index (κ3) is 3.42. The molecule has 3 N–H and O–H groups in total. The van der Waals surface area contributed by atoms with Gasteiger partial charge in [0.2, 0.25) is 0 Å². The van der Waals surface area contributed by atoms with Crippen molar-refractivity contribution in [1.29, 1.82) is 0 Å². The number of rotatable bonds is 4. The first-order valence-corrected chi connectivity index (χ1v) is 8.50. The van der Waals surface area contributed by atoms with Crippen molar-refractivity contribution in [1.82, 2.24) is 10.6 Å². The Morgan fingerprint density at radius 3 is 3.04 bits per heavy atom. The van der Waals surface area contributed by atoms with Gasteiger partial charge in [-0.3, -0.25) is 9.59 Å². The predicted octanol–water partition coefficient (Wildman–Crippen LogP) is 1.51. The third-order valence-corrected chi connectivity index (χ3v) is 4.55. The minimum Gasteiger partial charge on any atom is -0.491 e. The number of carbonyl (C=O) groups is 2. The lowest BCUT2D eigenvalue weighted by atomic mass is 9.99. The van der Waals surface area contributed by atoms with Crippen molar-refractivity contribution < 1.29 is 19.4 Å². The molecule has 24 heavy (non-hydrogen) atoms. The van der Waals surface area contributed by atoms with E-state index in [1.807, 2.05) is 16.8 Å². The van der Waals surface area contributed by atoms with Gasteiger partial charge in [-0.1, -0.05) is 0 Å². The zero-order valence-corrected chi connectivity index (χ0v) is 14.0. The van der Waals surface area contributed by atoms with Crippen molar-refractivity contribution in [2.75, 3.05) is 19.7 Å². The number of hydrogen-bond donors (Lipinski definition) is 3. The highest BCUT2D eigenvalue weighted by molar-refractivity contribution is 7.08. The number of thiophene rings is 1. The minimum atomic E-state index is -1.15. The Morgan fingerprint density at radius 1 is 1.46 bits per heavy atom. The molecule has 1 unspecified atom stereocenters. The summed E-state index contributed by atoms with van der Waals surface area (Å²) in [6.07, 6.45) is 0. The summed E-state index contributed by atoms with van der Waals surface area (Å²) in [5.74, 6) is -0.153. The number of hydrogen-bond acceptors (Lipinski definition) is 5. The Bertz CT molecular complexity index is 756. The van der Waals surface area contributed by atoms with E-state index in [0.717, 1.165) is 5.56 Å². The Morgan fingerprint density at radius 2 is 2.29 bits per heavy atom. The second-order valence-corrected chi connectivity index (χ2v) is 6.56. The van der Waals surface area contributed by atoms with Crippen molar-refractivity contribution in [2.45, 2.75) is 12.5 Å². The van der Waals surface area contributed by atoms with E-state index in [-0.39, 0.29) is 18.4 Å². The molecule has 1 aromatic carbocycles. The molecule has 0 bridgehead atoms. The summed E-state index contributed by atoms with van der Waals surface area (Å²) in [5.41, 5.74) is 0.282. The number of benzene rings is 1. The second kappa shape index (κ2) is 6.62. The fourth-order valence-electron chi connectivity index (χ4n) is 2.42. The van der Waals surface area contributed by atoms with E-state index in [1.54, 1.807) is 19.1 Å². The zero-order chi connectivity index (χ0) is 17.2. The highest BCUT2D eigenvalue weighted by Crippen LogP contribution is 2.23. The van der Waals surface area contributed by atoms with Crippen LogP contribution in [0.25, 0.3) is 0 Å². The fourth-order valence-corrected chi connectivity index (χ4v) is 3.21. The van der Waals surface area contributed by atoms with Gasteiger partial charge in [0.25, 0.3) is 11.8 Å². The molecule has 0 spiro atoms. The Labute approximate surface area is 143 Å². The van der Waals surface area contributed by atoms with Crippen molar-refractivity contribution >= 4 is 23.2 Å². The van der Waals surface area contributed by atoms with Crippen LogP contribution in [0, 0.1) is 0 Å². The van der Waals surface area contributed by atoms with Gasteiger partial charge in [-0.25, -0.2) is 0 Å². The molecular weight excluding hydrogens is 328 g/mol. The summed E-state index contributed by atoms with van der Waals surface area (Å²) in [4.78, 5) is 24.3. The van der Waals surface area contributed by atoms with Crippen LogP contribution in [0.2, 0.25) is 0 Å². The molecule has 2 heterocycles. The van der Waals surface area contributed by atoms with Gasteiger partial charge in [0.1, 0.15) is 18.0 Å². The number of ether oxygens (including phenoxy) is 1. The Hall–Kier alpha value is -2.38. The normalized spacial score (nSPS) is 16.2. The lowest BCUT2D eigenvalue weighted by Crippen LogP contribution is -2.38. The van der Waals surface area contributed by atoms with Gasteiger partial charge in [0.05, 0.1) is 18.7 Å². The maximum atomic E-state index is 12.3. The quantitative estimate of drug-likeness (QED) is 0.783. The third-order valence-electron chi connectivity index (χ3n) is 3.87. The lowest BCUT2D eigenvalue weighted by molar-refractivity contribution is 0.0530. The minimum absolute atomic E-state index is 0.0718. The van der Waals surface area contributed by atoms with E-state index < -0.39 is 5.60 Å². The number of fused-ring (bicyclic) bond motifs is 1. The Kier molecular flexibility index (Phi) is 4.55. The van der Waals surface area contributed by atoms with Crippen molar-refractivity contribution in [3.05, 3.63) is 51.7 Å². The number of amides is 2. The monoisotopic (exact) mass is 346 g/mol. The summed E-state index contributed by atoms with van der Waals surface area (Å²) in [6.45, 7) is 2.54. The summed E-state index contributed by atoms with van der Waals surface area (Å²) in [7, 11) is 0. The standard InChI is InChI=1S/C17H18N2O4S/c1-17(22,12-4-7-24-9-12)10-19-15(20)11-2-3-14-13(8-11)16(21)18-5-6-23-14/h2-4,7-9,22H,5-6,10H2,1H3,(H,18,21)(H,19,20). The molecule has 1 aliphatic rings. The van der Waals surface area contributed by atoms with Crippen LogP contribution in [0.3, 0.4) is 0 Å². The van der Waals surface area contributed by atoms with Crippen LogP contribution >= 0.6 is 11.3 Å². The molecule has 0 saturated carbocycles. The van der Waals surface area contributed by atoms with Crippen LogP contribution in [0.5, 0.6) is 5.75 Å². The second-order valence-electron chi connectivity index (χ2n) is 5.78. The van der Waals surface area contributed by atoms with E-state index in [9.17, 15) is 14.7 Å². The predicted molar refractivity (Wildman–Crippen MR) is 90.5 cm³/mol. The van der Waals surface area contributed by atoms with Crippen LogP contribution in [-0.2, 0) is 5.60 Å². The van der Waals surface area contributed by atoms with Crippen LogP contribution < -0.4 is 15.4 Å². The first kappa shape index (κ1) is 16.5. The van der Waals surface area contributed by atoms with E-state index >= 15 is 0 Å². The highest BCUT2D eigenvalue weighted by atomic mass is 32.1. The maximum Gasteiger partial charge on any atom is 0.255 e. The average molecular weight is 346 g/mol. The molecule has 1 aliphatic heterocycles. The van der Waals surface area contributed by atoms with Gasteiger partial charge < -0.3 is 20.5 Å². The smallest absolute Gasteiger partial charge is 0.255 e. The maximum absolute atomic E-state index is 12.3. The first-order chi connectivity index (χ1) is 11.5. The van der Waals surface area contributed by atoms with Gasteiger partial charge in [-0.15, -0.1) is 0 Å². The molecular formula is C17H18N2O4S. The Balaban J connectivity index is 1.73. The molecule has 0 fully saturated rings. The first-order valence-electron chi connectivity index (χ1n) is 7.56. The van der Waals surface area contributed by atoms with E-state index in [2.05, 4.69) is 10.6 Å². The molecule has 0 aliphatic carbocycles. The molecule has 0 saturated heterocycles. The van der Waals surface area contributed by atoms with Crippen LogP contribution in [0.1, 0.15) is 33.2 Å². The average Bonchev–Trinajstić information content (AvgIpc) is 3.06. The summed E-state index contributed by atoms with van der Waals surface area (Å²) >= 11 is 1.48. The lowest BCUT2D eigenvalue weighted by Gasteiger charge is -2.22. The molecule has 0 radical (unpaired) electrons.